The number of fused-ring (bicyclic) bond motifs is 8. The number of carbonyl (C=O) groups excluding carboxylic acids is 2. The number of hydrogen-bond acceptors (Lipinski definition) is 4. The molecule has 0 fully saturated rings. The zero-order chi connectivity index (χ0) is 19.5. The van der Waals surface area contributed by atoms with Gasteiger partial charge in [-0.15, -0.1) is 11.0 Å². The molecule has 29 heavy (non-hydrogen) atoms. The SMILES string of the molecule is CN1C(=O)c2c(c3c4cc(O)ccc4[n-]c3c3ncc(F)cc23)C1=O.[C-]#[O+].[CH3-].[Ru+2]. The minimum atomic E-state index is -0.599. The average Bonchev–Trinajstić information content (AvgIpc) is 3.14. The molecule has 2 amide bonds. The van der Waals surface area contributed by atoms with E-state index in [2.05, 4.69) is 16.6 Å². The van der Waals surface area contributed by atoms with Crippen molar-refractivity contribution in [3.05, 3.63) is 61.5 Å². The van der Waals surface area contributed by atoms with Gasteiger partial charge in [0.1, 0.15) is 11.6 Å². The maximum Gasteiger partial charge on any atom is 2.00 e. The number of aromatic hydroxyl groups is 1. The van der Waals surface area contributed by atoms with Crippen LogP contribution in [0.15, 0.2) is 30.5 Å². The number of carbonyl (C=O) groups is 2. The zero-order valence-electron chi connectivity index (χ0n) is 15.1. The molecule has 4 aromatic rings. The third kappa shape index (κ3) is 2.91. The molecule has 0 unspecified atom stereocenters. The van der Waals surface area contributed by atoms with Crippen molar-refractivity contribution in [3.63, 3.8) is 0 Å². The van der Waals surface area contributed by atoms with Crippen molar-refractivity contribution < 1.29 is 43.2 Å². The summed E-state index contributed by atoms with van der Waals surface area (Å²) < 4.78 is 21.3. The van der Waals surface area contributed by atoms with Crippen molar-refractivity contribution in [2.24, 2.45) is 0 Å². The first-order chi connectivity index (χ1) is 13.0. The Hall–Kier alpha value is -3.12. The van der Waals surface area contributed by atoms with Crippen LogP contribution in [0.5, 0.6) is 5.75 Å². The number of benzene rings is 2. The van der Waals surface area contributed by atoms with Crippen molar-refractivity contribution >= 4 is 44.5 Å². The standard InChI is InChI=1S/C18H10FN3O3.CO.CH3.Ru/c1-22-17(24)13-10-4-7(19)6-20-15(10)16-12(14(13)18(22)25)9-5-8(23)2-3-11(9)21-16;1-2;;/h2-6H,1H3,(H2,20,21,23,24,25);;1H3;/q;;-1;+2/p-1. The molecular formula is C20H12FN3O4Ru. The predicted molar refractivity (Wildman–Crippen MR) is 98.5 cm³/mol. The number of phenols is 1. The van der Waals surface area contributed by atoms with E-state index in [4.69, 9.17) is 4.65 Å². The minimum absolute atomic E-state index is 0. The number of hydrogen-bond donors (Lipinski definition) is 1. The Morgan fingerprint density at radius 1 is 1.14 bits per heavy atom. The molecule has 9 heteroatoms. The fourth-order valence-corrected chi connectivity index (χ4v) is 3.49. The van der Waals surface area contributed by atoms with Crippen LogP contribution in [0.4, 0.5) is 4.39 Å². The van der Waals surface area contributed by atoms with Crippen molar-refractivity contribution in [1.29, 1.82) is 0 Å². The topological polar surface area (TPSA) is 104 Å². The number of pyridine rings is 1. The maximum absolute atomic E-state index is 13.8. The number of nitrogens with zero attached hydrogens (tertiary/aromatic N) is 3. The molecule has 5 rings (SSSR count). The smallest absolute Gasteiger partial charge is 0.358 e. The molecule has 0 aliphatic carbocycles. The number of aromatic nitrogens is 2. The third-order valence-electron chi connectivity index (χ3n) is 4.60. The summed E-state index contributed by atoms with van der Waals surface area (Å²) in [5, 5.41) is 11.1. The molecule has 1 aliphatic heterocycles. The summed E-state index contributed by atoms with van der Waals surface area (Å²) in [4.78, 5) is 34.9. The molecule has 2 aromatic carbocycles. The molecule has 3 heterocycles. The predicted octanol–water partition coefficient (Wildman–Crippen LogP) is 2.98. The molecule has 0 radical (unpaired) electrons. The van der Waals surface area contributed by atoms with Crippen LogP contribution in [-0.4, -0.2) is 33.9 Å². The molecule has 0 atom stereocenters. The van der Waals surface area contributed by atoms with Crippen LogP contribution >= 0.6 is 0 Å². The van der Waals surface area contributed by atoms with E-state index in [9.17, 15) is 19.1 Å². The van der Waals surface area contributed by atoms with Gasteiger partial charge in [-0.2, -0.15) is 0 Å². The molecule has 7 nitrogen and oxygen atoms in total. The largest absolute Gasteiger partial charge is 2.00 e. The van der Waals surface area contributed by atoms with E-state index in [1.54, 1.807) is 6.07 Å². The van der Waals surface area contributed by atoms with E-state index >= 15 is 0 Å². The van der Waals surface area contributed by atoms with Crippen LogP contribution in [0.2, 0.25) is 0 Å². The van der Waals surface area contributed by atoms with Crippen molar-refractivity contribution in [2.75, 3.05) is 7.05 Å². The number of amides is 2. The molecule has 0 saturated carbocycles. The van der Waals surface area contributed by atoms with Gasteiger partial charge in [-0.1, -0.05) is 6.07 Å². The Morgan fingerprint density at radius 3 is 2.48 bits per heavy atom. The normalized spacial score (nSPS) is 12.3. The first kappa shape index (κ1) is 22.2. The summed E-state index contributed by atoms with van der Waals surface area (Å²) in [5.41, 5.74) is 1.62. The van der Waals surface area contributed by atoms with Gasteiger partial charge in [0, 0.05) is 12.4 Å². The maximum atomic E-state index is 13.8. The van der Waals surface area contributed by atoms with Crippen LogP contribution in [0.3, 0.4) is 0 Å². The Labute approximate surface area is 177 Å². The molecule has 1 aliphatic rings. The quantitative estimate of drug-likeness (QED) is 0.181. The Morgan fingerprint density at radius 2 is 1.79 bits per heavy atom. The van der Waals surface area contributed by atoms with Crippen molar-refractivity contribution in [3.8, 4) is 5.75 Å². The van der Waals surface area contributed by atoms with Crippen LogP contribution < -0.4 is 4.98 Å². The molecule has 0 bridgehead atoms. The monoisotopic (exact) mass is 479 g/mol. The second-order valence-electron chi connectivity index (χ2n) is 6.01. The Kier molecular flexibility index (Phi) is 5.90. The molecule has 1 N–H and O–H groups in total. The van der Waals surface area contributed by atoms with Gasteiger partial charge in [-0.25, -0.2) is 4.39 Å². The first-order valence-corrected chi connectivity index (χ1v) is 7.70. The van der Waals surface area contributed by atoms with Gasteiger partial charge in [0.15, 0.2) is 0 Å². The van der Waals surface area contributed by atoms with Gasteiger partial charge in [0.25, 0.3) is 11.8 Å². The molecule has 2 aromatic heterocycles. The Bertz CT molecular complexity index is 1330. The van der Waals surface area contributed by atoms with Crippen LogP contribution in [0.25, 0.3) is 32.7 Å². The van der Waals surface area contributed by atoms with E-state index in [1.165, 1.54) is 25.2 Å². The van der Waals surface area contributed by atoms with E-state index in [1.807, 2.05) is 0 Å². The van der Waals surface area contributed by atoms with Gasteiger partial charge >= 0.3 is 30.8 Å². The van der Waals surface area contributed by atoms with E-state index in [0.29, 0.717) is 27.3 Å². The van der Waals surface area contributed by atoms with Crippen molar-refractivity contribution in [1.82, 2.24) is 14.9 Å². The van der Waals surface area contributed by atoms with Gasteiger partial charge in [0.2, 0.25) is 0 Å². The summed E-state index contributed by atoms with van der Waals surface area (Å²) in [6.45, 7) is 4.50. The second kappa shape index (κ2) is 7.72. The van der Waals surface area contributed by atoms with Gasteiger partial charge in [-0.3, -0.25) is 19.5 Å². The summed E-state index contributed by atoms with van der Waals surface area (Å²) in [7, 11) is 1.38. The minimum Gasteiger partial charge on any atom is -0.358 e. The third-order valence-corrected chi connectivity index (χ3v) is 4.60. The summed E-state index contributed by atoms with van der Waals surface area (Å²) in [5.74, 6) is -1.56. The van der Waals surface area contributed by atoms with Crippen LogP contribution in [0, 0.1) is 19.9 Å². The number of phenolic OH excluding ortho intramolecular Hbond substituents is 1. The van der Waals surface area contributed by atoms with Gasteiger partial charge in [-0.05, 0) is 29.0 Å². The molecule has 0 spiro atoms. The first-order valence-electron chi connectivity index (χ1n) is 7.70. The summed E-state index contributed by atoms with van der Waals surface area (Å²) in [6, 6.07) is 5.80. The number of rotatable bonds is 0. The summed E-state index contributed by atoms with van der Waals surface area (Å²) in [6.07, 6.45) is 1.05. The second-order valence-corrected chi connectivity index (χ2v) is 6.01. The van der Waals surface area contributed by atoms with E-state index in [-0.39, 0.29) is 49.2 Å². The van der Waals surface area contributed by atoms with Gasteiger partial charge < -0.3 is 17.5 Å². The number of halogens is 1. The molecule has 0 saturated heterocycles. The Balaban J connectivity index is 0.000000729. The fraction of sp³-hybridized carbons (Fsp3) is 0.0500. The molecular weight excluding hydrogens is 466 g/mol. The zero-order valence-corrected chi connectivity index (χ0v) is 16.9. The van der Waals surface area contributed by atoms with E-state index < -0.39 is 17.6 Å². The average molecular weight is 478 g/mol. The van der Waals surface area contributed by atoms with E-state index in [0.717, 1.165) is 11.1 Å². The molecule has 146 valence electrons. The summed E-state index contributed by atoms with van der Waals surface area (Å²) >= 11 is 0. The van der Waals surface area contributed by atoms with Crippen molar-refractivity contribution in [2.45, 2.75) is 0 Å². The van der Waals surface area contributed by atoms with Crippen LogP contribution in [0.1, 0.15) is 20.7 Å². The number of imide groups is 1. The fourth-order valence-electron chi connectivity index (χ4n) is 3.49. The van der Waals surface area contributed by atoms with Crippen LogP contribution in [-0.2, 0) is 24.1 Å². The van der Waals surface area contributed by atoms with Gasteiger partial charge in [0.05, 0.1) is 22.8 Å².